The quantitative estimate of drug-likeness (QED) is 0.886. The summed E-state index contributed by atoms with van der Waals surface area (Å²) in [5.74, 6) is 1.80. The lowest BCUT2D eigenvalue weighted by Gasteiger charge is -2.35. The van der Waals surface area contributed by atoms with Gasteiger partial charge in [0, 0.05) is 31.7 Å². The number of hydrogen-bond donors (Lipinski definition) is 1. The van der Waals surface area contributed by atoms with Gasteiger partial charge in [-0.25, -0.2) is 4.98 Å². The van der Waals surface area contributed by atoms with Gasteiger partial charge in [-0.05, 0) is 19.4 Å². The Bertz CT molecular complexity index is 707. The fourth-order valence-electron chi connectivity index (χ4n) is 3.55. The molecule has 3 heterocycles. The van der Waals surface area contributed by atoms with Crippen molar-refractivity contribution in [1.29, 1.82) is 0 Å². The molecule has 1 amide bonds. The summed E-state index contributed by atoms with van der Waals surface area (Å²) in [6.07, 6.45) is 3.86. The minimum absolute atomic E-state index is 0. The molecule has 2 aromatic rings. The molecule has 2 fully saturated rings. The van der Waals surface area contributed by atoms with Crippen LogP contribution in [0.3, 0.4) is 0 Å². The van der Waals surface area contributed by atoms with E-state index in [4.69, 9.17) is 4.42 Å². The van der Waals surface area contributed by atoms with Gasteiger partial charge in [0.2, 0.25) is 11.8 Å². The average molecular weight is 377 g/mol. The molecule has 0 spiro atoms. The highest BCUT2D eigenvalue weighted by Crippen LogP contribution is 2.21. The molecule has 0 bridgehead atoms. The molecule has 0 unspecified atom stereocenters. The first-order chi connectivity index (χ1) is 12.3. The number of oxazole rings is 1. The zero-order chi connectivity index (χ0) is 17.1. The van der Waals surface area contributed by atoms with Gasteiger partial charge in [-0.1, -0.05) is 30.3 Å². The van der Waals surface area contributed by atoms with E-state index in [1.807, 2.05) is 35.2 Å². The van der Waals surface area contributed by atoms with Gasteiger partial charge in [0.25, 0.3) is 0 Å². The molecule has 7 heteroatoms. The summed E-state index contributed by atoms with van der Waals surface area (Å²) in [5, 5.41) is 3.29. The molecular formula is C19H25ClN4O2. The third kappa shape index (κ3) is 4.26. The van der Waals surface area contributed by atoms with E-state index in [1.165, 1.54) is 0 Å². The smallest absolute Gasteiger partial charge is 0.239 e. The maximum Gasteiger partial charge on any atom is 0.239 e. The van der Waals surface area contributed by atoms with Crippen LogP contribution in [0.1, 0.15) is 18.7 Å². The van der Waals surface area contributed by atoms with Crippen LogP contribution in [0.4, 0.5) is 0 Å². The van der Waals surface area contributed by atoms with Crippen molar-refractivity contribution in [3.63, 3.8) is 0 Å². The van der Waals surface area contributed by atoms with Gasteiger partial charge in [0.1, 0.15) is 0 Å². The van der Waals surface area contributed by atoms with Gasteiger partial charge in [0.05, 0.1) is 18.8 Å². The van der Waals surface area contributed by atoms with Crippen molar-refractivity contribution in [1.82, 2.24) is 20.1 Å². The first-order valence-corrected chi connectivity index (χ1v) is 9.04. The SMILES string of the molecule is Cl.O=C([C@@H]1CCCN1)N1CCN(Cc2ncc(-c3ccccc3)o2)CC1. The summed E-state index contributed by atoms with van der Waals surface area (Å²) < 4.78 is 5.88. The van der Waals surface area contributed by atoms with Crippen LogP contribution < -0.4 is 5.32 Å². The van der Waals surface area contributed by atoms with Crippen molar-refractivity contribution < 1.29 is 9.21 Å². The van der Waals surface area contributed by atoms with Crippen molar-refractivity contribution in [2.24, 2.45) is 0 Å². The number of nitrogens with one attached hydrogen (secondary N) is 1. The Kier molecular flexibility index (Phi) is 6.29. The first-order valence-electron chi connectivity index (χ1n) is 9.04. The van der Waals surface area contributed by atoms with Crippen LogP contribution in [-0.2, 0) is 11.3 Å². The van der Waals surface area contributed by atoms with Crippen LogP contribution in [-0.4, -0.2) is 59.5 Å². The Balaban J connectivity index is 0.00000196. The Morgan fingerprint density at radius 3 is 2.65 bits per heavy atom. The van der Waals surface area contributed by atoms with Gasteiger partial charge in [-0.3, -0.25) is 9.69 Å². The molecule has 2 aliphatic rings. The molecule has 1 N–H and O–H groups in total. The van der Waals surface area contributed by atoms with E-state index in [9.17, 15) is 4.79 Å². The number of piperazine rings is 1. The summed E-state index contributed by atoms with van der Waals surface area (Å²) in [5.41, 5.74) is 1.04. The van der Waals surface area contributed by atoms with E-state index in [0.29, 0.717) is 6.54 Å². The van der Waals surface area contributed by atoms with Crippen LogP contribution >= 0.6 is 12.4 Å². The number of nitrogens with zero attached hydrogens (tertiary/aromatic N) is 3. The fourth-order valence-corrected chi connectivity index (χ4v) is 3.55. The van der Waals surface area contributed by atoms with Gasteiger partial charge < -0.3 is 14.6 Å². The van der Waals surface area contributed by atoms with Crippen LogP contribution in [0.15, 0.2) is 40.9 Å². The molecule has 1 atom stereocenters. The second-order valence-corrected chi connectivity index (χ2v) is 6.73. The van der Waals surface area contributed by atoms with E-state index < -0.39 is 0 Å². The zero-order valence-electron chi connectivity index (χ0n) is 14.8. The molecule has 4 rings (SSSR count). The largest absolute Gasteiger partial charge is 0.439 e. The van der Waals surface area contributed by atoms with E-state index in [0.717, 1.165) is 62.8 Å². The van der Waals surface area contributed by atoms with Crippen molar-refractivity contribution in [2.75, 3.05) is 32.7 Å². The number of carbonyl (C=O) groups excluding carboxylic acids is 1. The van der Waals surface area contributed by atoms with E-state index in [2.05, 4.69) is 15.2 Å². The highest BCUT2D eigenvalue weighted by atomic mass is 35.5. The monoisotopic (exact) mass is 376 g/mol. The second kappa shape index (κ2) is 8.66. The lowest BCUT2D eigenvalue weighted by Crippen LogP contribution is -2.52. The minimum atomic E-state index is 0. The molecule has 26 heavy (non-hydrogen) atoms. The topological polar surface area (TPSA) is 61.6 Å². The lowest BCUT2D eigenvalue weighted by molar-refractivity contribution is -0.134. The van der Waals surface area contributed by atoms with E-state index in [-0.39, 0.29) is 24.4 Å². The highest BCUT2D eigenvalue weighted by Gasteiger charge is 2.29. The van der Waals surface area contributed by atoms with Gasteiger partial charge in [-0.15, -0.1) is 12.4 Å². The normalized spacial score (nSPS) is 20.8. The Morgan fingerprint density at radius 2 is 1.96 bits per heavy atom. The lowest BCUT2D eigenvalue weighted by atomic mass is 10.2. The fraction of sp³-hybridized carbons (Fsp3) is 0.474. The standard InChI is InChI=1S/C19H24N4O2.ClH/c24-19(16-7-4-8-20-16)23-11-9-22(10-12-23)14-18-21-13-17(25-18)15-5-2-1-3-6-15;/h1-3,5-6,13,16,20H,4,7-12,14H2;1H/t16-;/m0./s1. The molecule has 2 saturated heterocycles. The Labute approximate surface area is 160 Å². The maximum absolute atomic E-state index is 12.4. The minimum Gasteiger partial charge on any atom is -0.439 e. The molecule has 0 aliphatic carbocycles. The third-order valence-electron chi connectivity index (χ3n) is 5.01. The van der Waals surface area contributed by atoms with Crippen LogP contribution in [0.25, 0.3) is 11.3 Å². The molecular weight excluding hydrogens is 352 g/mol. The van der Waals surface area contributed by atoms with Gasteiger partial charge in [0.15, 0.2) is 5.76 Å². The van der Waals surface area contributed by atoms with Gasteiger partial charge >= 0.3 is 0 Å². The molecule has 1 aromatic heterocycles. The van der Waals surface area contributed by atoms with Crippen LogP contribution in [0.2, 0.25) is 0 Å². The number of carbonyl (C=O) groups is 1. The van der Waals surface area contributed by atoms with Crippen molar-refractivity contribution >= 4 is 18.3 Å². The third-order valence-corrected chi connectivity index (χ3v) is 5.01. The van der Waals surface area contributed by atoms with Gasteiger partial charge in [-0.2, -0.15) is 0 Å². The molecule has 1 aromatic carbocycles. The summed E-state index contributed by atoms with van der Waals surface area (Å²) in [6.45, 7) is 4.94. The zero-order valence-corrected chi connectivity index (χ0v) is 15.6. The Hall–Kier alpha value is -1.89. The average Bonchev–Trinajstić information content (AvgIpc) is 3.35. The molecule has 6 nitrogen and oxygen atoms in total. The number of rotatable bonds is 4. The van der Waals surface area contributed by atoms with E-state index >= 15 is 0 Å². The Morgan fingerprint density at radius 1 is 1.19 bits per heavy atom. The summed E-state index contributed by atoms with van der Waals surface area (Å²) in [4.78, 5) is 21.1. The summed E-state index contributed by atoms with van der Waals surface area (Å²) in [6, 6.07) is 10.0. The number of benzene rings is 1. The predicted octanol–water partition coefficient (Wildman–Crippen LogP) is 2.16. The first kappa shape index (κ1) is 18.9. The number of aromatic nitrogens is 1. The summed E-state index contributed by atoms with van der Waals surface area (Å²) in [7, 11) is 0. The number of hydrogen-bond acceptors (Lipinski definition) is 5. The highest BCUT2D eigenvalue weighted by molar-refractivity contribution is 5.85. The molecule has 140 valence electrons. The van der Waals surface area contributed by atoms with Crippen LogP contribution in [0.5, 0.6) is 0 Å². The number of amides is 1. The van der Waals surface area contributed by atoms with Crippen molar-refractivity contribution in [3.05, 3.63) is 42.4 Å². The summed E-state index contributed by atoms with van der Waals surface area (Å²) >= 11 is 0. The number of halogens is 1. The predicted molar refractivity (Wildman–Crippen MR) is 102 cm³/mol. The molecule has 2 aliphatic heterocycles. The van der Waals surface area contributed by atoms with Crippen molar-refractivity contribution in [3.8, 4) is 11.3 Å². The van der Waals surface area contributed by atoms with E-state index in [1.54, 1.807) is 6.20 Å². The van der Waals surface area contributed by atoms with Crippen LogP contribution in [0, 0.1) is 0 Å². The molecule has 0 saturated carbocycles. The second-order valence-electron chi connectivity index (χ2n) is 6.73. The molecule has 0 radical (unpaired) electrons. The maximum atomic E-state index is 12.4. The van der Waals surface area contributed by atoms with Crippen molar-refractivity contribution in [2.45, 2.75) is 25.4 Å².